The van der Waals surface area contributed by atoms with E-state index in [1.807, 2.05) is 0 Å². The van der Waals surface area contributed by atoms with Crippen molar-refractivity contribution in [2.45, 2.75) is 6.42 Å². The Labute approximate surface area is 105 Å². The van der Waals surface area contributed by atoms with Crippen LogP contribution in [0.1, 0.15) is 16.8 Å². The fourth-order valence-electron chi connectivity index (χ4n) is 1.28. The lowest BCUT2D eigenvalue weighted by Crippen LogP contribution is -2.30. The minimum Gasteiger partial charge on any atom is -0.396 e. The predicted octanol–water partition coefficient (Wildman–Crippen LogP) is 0.616. The van der Waals surface area contributed by atoms with Crippen LogP contribution in [0.5, 0.6) is 0 Å². The molecule has 0 heterocycles. The largest absolute Gasteiger partial charge is 0.396 e. The maximum atomic E-state index is 13.1. The number of anilines is 1. The highest BCUT2D eigenvalue weighted by molar-refractivity contribution is 5.94. The Morgan fingerprint density at radius 3 is 2.61 bits per heavy atom. The maximum absolute atomic E-state index is 13.1. The van der Waals surface area contributed by atoms with Gasteiger partial charge in [0.05, 0.1) is 5.69 Å². The van der Waals surface area contributed by atoms with Gasteiger partial charge in [-0.25, -0.2) is 4.39 Å². The molecule has 0 unspecified atom stereocenters. The van der Waals surface area contributed by atoms with Crippen LogP contribution >= 0.6 is 0 Å². The van der Waals surface area contributed by atoms with Gasteiger partial charge in [0.1, 0.15) is 5.82 Å². The summed E-state index contributed by atoms with van der Waals surface area (Å²) in [6.45, 7) is 0.210. The summed E-state index contributed by atoms with van der Waals surface area (Å²) in [5.41, 5.74) is 5.48. The first-order chi connectivity index (χ1) is 8.41. The number of rotatable bonds is 4. The zero-order valence-corrected chi connectivity index (χ0v) is 10.4. The van der Waals surface area contributed by atoms with E-state index >= 15 is 0 Å². The van der Waals surface area contributed by atoms with Gasteiger partial charge in [0, 0.05) is 32.6 Å². The molecule has 0 aromatic heterocycles. The van der Waals surface area contributed by atoms with Crippen molar-refractivity contribution in [2.24, 2.45) is 0 Å². The number of amides is 2. The van der Waals surface area contributed by atoms with E-state index in [0.717, 1.165) is 6.07 Å². The molecule has 3 N–H and O–H groups in total. The number of halogens is 1. The normalized spacial score (nSPS) is 9.94. The van der Waals surface area contributed by atoms with Gasteiger partial charge >= 0.3 is 0 Å². The van der Waals surface area contributed by atoms with Gasteiger partial charge in [0.2, 0.25) is 5.91 Å². The number of nitrogens with one attached hydrogen (secondary N) is 1. The number of nitrogens with two attached hydrogens (primary N) is 1. The third-order valence-corrected chi connectivity index (χ3v) is 2.39. The van der Waals surface area contributed by atoms with Crippen molar-refractivity contribution in [1.29, 1.82) is 0 Å². The number of nitrogen functional groups attached to an aromatic ring is 1. The van der Waals surface area contributed by atoms with Crippen molar-refractivity contribution in [2.75, 3.05) is 26.4 Å². The van der Waals surface area contributed by atoms with Crippen molar-refractivity contribution >= 4 is 17.5 Å². The number of hydrogen-bond donors (Lipinski definition) is 2. The SMILES string of the molecule is CN(C)C(=O)CCNC(=O)c1ccc(N)c(F)c1. The van der Waals surface area contributed by atoms with Crippen molar-refractivity contribution < 1.29 is 14.0 Å². The van der Waals surface area contributed by atoms with Crippen LogP contribution in [0.3, 0.4) is 0 Å². The number of hydrogen-bond acceptors (Lipinski definition) is 3. The van der Waals surface area contributed by atoms with Crippen LogP contribution in [0, 0.1) is 5.82 Å². The van der Waals surface area contributed by atoms with Crippen LogP contribution in [-0.4, -0.2) is 37.4 Å². The van der Waals surface area contributed by atoms with Gasteiger partial charge in [-0.3, -0.25) is 9.59 Å². The first-order valence-electron chi connectivity index (χ1n) is 5.45. The Bertz CT molecular complexity index is 461. The highest BCUT2D eigenvalue weighted by atomic mass is 19.1. The molecule has 5 nitrogen and oxygen atoms in total. The fraction of sp³-hybridized carbons (Fsp3) is 0.333. The van der Waals surface area contributed by atoms with Crippen LogP contribution in [0.25, 0.3) is 0 Å². The molecule has 2 amide bonds. The van der Waals surface area contributed by atoms with Gasteiger partial charge in [-0.1, -0.05) is 0 Å². The quantitative estimate of drug-likeness (QED) is 0.772. The zero-order valence-electron chi connectivity index (χ0n) is 10.4. The van der Waals surface area contributed by atoms with Gasteiger partial charge in [-0.05, 0) is 18.2 Å². The van der Waals surface area contributed by atoms with E-state index in [-0.39, 0.29) is 30.1 Å². The van der Waals surface area contributed by atoms with Crippen LogP contribution in [0.4, 0.5) is 10.1 Å². The lowest BCUT2D eigenvalue weighted by atomic mass is 10.2. The van der Waals surface area contributed by atoms with Gasteiger partial charge in [-0.2, -0.15) is 0 Å². The van der Waals surface area contributed by atoms with Crippen LogP contribution in [-0.2, 0) is 4.79 Å². The first kappa shape index (κ1) is 14.0. The molecule has 1 rings (SSSR count). The molecule has 6 heteroatoms. The number of benzene rings is 1. The topological polar surface area (TPSA) is 75.4 Å². The summed E-state index contributed by atoms with van der Waals surface area (Å²) >= 11 is 0. The number of nitrogens with zero attached hydrogens (tertiary/aromatic N) is 1. The maximum Gasteiger partial charge on any atom is 0.251 e. The first-order valence-corrected chi connectivity index (χ1v) is 5.45. The summed E-state index contributed by atoms with van der Waals surface area (Å²) in [6.07, 6.45) is 0.205. The smallest absolute Gasteiger partial charge is 0.251 e. The molecular formula is C12H16FN3O2. The molecule has 1 aromatic rings. The molecule has 1 aromatic carbocycles. The third kappa shape index (κ3) is 3.73. The number of carbonyl (C=O) groups is 2. The molecule has 0 saturated heterocycles. The number of carbonyl (C=O) groups excluding carboxylic acids is 2. The van der Waals surface area contributed by atoms with Crippen molar-refractivity contribution in [1.82, 2.24) is 10.2 Å². The van der Waals surface area contributed by atoms with Crippen molar-refractivity contribution in [3.63, 3.8) is 0 Å². The average Bonchev–Trinajstić information content (AvgIpc) is 2.32. The summed E-state index contributed by atoms with van der Waals surface area (Å²) in [5.74, 6) is -1.15. The van der Waals surface area contributed by atoms with Crippen molar-refractivity contribution in [3.05, 3.63) is 29.6 Å². The Morgan fingerprint density at radius 1 is 1.39 bits per heavy atom. The van der Waals surface area contributed by atoms with E-state index in [2.05, 4.69) is 5.32 Å². The van der Waals surface area contributed by atoms with E-state index < -0.39 is 11.7 Å². The molecular weight excluding hydrogens is 237 g/mol. The third-order valence-electron chi connectivity index (χ3n) is 2.39. The summed E-state index contributed by atoms with van der Waals surface area (Å²) in [7, 11) is 3.28. The second kappa shape index (κ2) is 6.00. The fourth-order valence-corrected chi connectivity index (χ4v) is 1.28. The molecule has 0 radical (unpaired) electrons. The molecule has 0 atom stereocenters. The lowest BCUT2D eigenvalue weighted by molar-refractivity contribution is -0.128. The molecule has 0 bridgehead atoms. The lowest BCUT2D eigenvalue weighted by Gasteiger charge is -2.10. The minimum atomic E-state index is -0.632. The van der Waals surface area contributed by atoms with E-state index in [1.165, 1.54) is 17.0 Å². The van der Waals surface area contributed by atoms with Crippen LogP contribution < -0.4 is 11.1 Å². The Kier molecular flexibility index (Phi) is 4.65. The van der Waals surface area contributed by atoms with Gasteiger partial charge in [-0.15, -0.1) is 0 Å². The van der Waals surface area contributed by atoms with E-state index in [1.54, 1.807) is 14.1 Å². The molecule has 0 aliphatic rings. The Morgan fingerprint density at radius 2 is 2.06 bits per heavy atom. The summed E-state index contributed by atoms with van der Waals surface area (Å²) in [4.78, 5) is 24.3. The zero-order chi connectivity index (χ0) is 13.7. The molecule has 0 aliphatic heterocycles. The summed E-state index contributed by atoms with van der Waals surface area (Å²) < 4.78 is 13.1. The van der Waals surface area contributed by atoms with Gasteiger partial charge in [0.25, 0.3) is 5.91 Å². The second-order valence-corrected chi connectivity index (χ2v) is 4.03. The standard InChI is InChI=1S/C12H16FN3O2/c1-16(2)11(17)5-6-15-12(18)8-3-4-10(14)9(13)7-8/h3-4,7H,5-6,14H2,1-2H3,(H,15,18). The monoisotopic (exact) mass is 253 g/mol. The van der Waals surface area contributed by atoms with Crippen molar-refractivity contribution in [3.8, 4) is 0 Å². The predicted molar refractivity (Wildman–Crippen MR) is 66.5 cm³/mol. The molecule has 18 heavy (non-hydrogen) atoms. The highest BCUT2D eigenvalue weighted by Crippen LogP contribution is 2.11. The molecule has 0 saturated carbocycles. The van der Waals surface area contributed by atoms with E-state index in [9.17, 15) is 14.0 Å². The summed E-state index contributed by atoms with van der Waals surface area (Å²) in [5, 5.41) is 2.54. The van der Waals surface area contributed by atoms with Gasteiger partial charge in [0.15, 0.2) is 0 Å². The Balaban J connectivity index is 2.50. The highest BCUT2D eigenvalue weighted by Gasteiger charge is 2.09. The Hall–Kier alpha value is -2.11. The van der Waals surface area contributed by atoms with Crippen LogP contribution in [0.15, 0.2) is 18.2 Å². The average molecular weight is 253 g/mol. The molecule has 98 valence electrons. The molecule has 0 aliphatic carbocycles. The van der Waals surface area contributed by atoms with E-state index in [4.69, 9.17) is 5.73 Å². The molecule has 0 spiro atoms. The second-order valence-electron chi connectivity index (χ2n) is 4.03. The van der Waals surface area contributed by atoms with Gasteiger partial charge < -0.3 is 16.0 Å². The minimum absolute atomic E-state index is 0.00524. The summed E-state index contributed by atoms with van der Waals surface area (Å²) in [6, 6.07) is 3.83. The van der Waals surface area contributed by atoms with E-state index in [0.29, 0.717) is 0 Å². The molecule has 0 fully saturated rings. The van der Waals surface area contributed by atoms with Crippen LogP contribution in [0.2, 0.25) is 0 Å².